The van der Waals surface area contributed by atoms with Gasteiger partial charge in [-0.3, -0.25) is 0 Å². The molecule has 0 fully saturated rings. The molecule has 16 heavy (non-hydrogen) atoms. The van der Waals surface area contributed by atoms with Crippen molar-refractivity contribution in [3.8, 4) is 0 Å². The lowest BCUT2D eigenvalue weighted by molar-refractivity contribution is -0.139. The maximum absolute atomic E-state index is 12.6. The Bertz CT molecular complexity index is 350. The van der Waals surface area contributed by atoms with Gasteiger partial charge < -0.3 is 4.74 Å². The summed E-state index contributed by atoms with van der Waals surface area (Å²) in [6.07, 6.45) is -4.32. The second-order valence-corrected chi connectivity index (χ2v) is 4.56. The number of benzene rings is 1. The van der Waals surface area contributed by atoms with Gasteiger partial charge in [-0.2, -0.15) is 13.2 Å². The third-order valence-corrected chi connectivity index (χ3v) is 1.98. The van der Waals surface area contributed by atoms with E-state index >= 15 is 0 Å². The van der Waals surface area contributed by atoms with Crippen molar-refractivity contribution in [2.75, 3.05) is 0 Å². The Morgan fingerprint density at radius 3 is 2.12 bits per heavy atom. The summed E-state index contributed by atoms with van der Waals surface area (Å²) < 4.78 is 43.2. The van der Waals surface area contributed by atoms with Crippen molar-refractivity contribution in [3.63, 3.8) is 0 Å². The molecule has 0 aliphatic carbocycles. The van der Waals surface area contributed by atoms with E-state index in [1.807, 2.05) is 20.8 Å². The highest BCUT2D eigenvalue weighted by Crippen LogP contribution is 2.32. The van der Waals surface area contributed by atoms with Crippen molar-refractivity contribution >= 4 is 0 Å². The maximum Gasteiger partial charge on any atom is 0.416 e. The monoisotopic (exact) mass is 232 g/mol. The Balaban J connectivity index is 2.88. The average Bonchev–Trinajstić information content (AvgIpc) is 2.12. The molecule has 0 radical (unpaired) electrons. The van der Waals surface area contributed by atoms with Crippen LogP contribution < -0.4 is 0 Å². The summed E-state index contributed by atoms with van der Waals surface area (Å²) in [5.74, 6) is 0. The number of halogens is 3. The van der Waals surface area contributed by atoms with Gasteiger partial charge in [0.15, 0.2) is 0 Å². The van der Waals surface area contributed by atoms with Gasteiger partial charge in [0, 0.05) is 0 Å². The molecule has 1 nitrogen and oxygen atoms in total. The van der Waals surface area contributed by atoms with Crippen molar-refractivity contribution in [1.82, 2.24) is 0 Å². The number of hydrogen-bond donors (Lipinski definition) is 0. The second-order valence-electron chi connectivity index (χ2n) is 4.56. The molecule has 0 unspecified atom stereocenters. The summed E-state index contributed by atoms with van der Waals surface area (Å²) in [4.78, 5) is 0. The Labute approximate surface area is 93.2 Å². The topological polar surface area (TPSA) is 9.23 Å². The van der Waals surface area contributed by atoms with Gasteiger partial charge in [0.2, 0.25) is 0 Å². The fourth-order valence-corrected chi connectivity index (χ4v) is 1.22. The Morgan fingerprint density at radius 1 is 1.06 bits per heavy atom. The van der Waals surface area contributed by atoms with E-state index in [1.54, 1.807) is 6.07 Å². The highest BCUT2D eigenvalue weighted by Gasteiger charge is 2.33. The van der Waals surface area contributed by atoms with Crippen LogP contribution in [-0.4, -0.2) is 5.60 Å². The van der Waals surface area contributed by atoms with Crippen molar-refractivity contribution in [2.24, 2.45) is 0 Å². The number of alkyl halides is 3. The summed E-state index contributed by atoms with van der Waals surface area (Å²) in [5.41, 5.74) is -0.900. The largest absolute Gasteiger partial charge is 0.416 e. The van der Waals surface area contributed by atoms with Crippen molar-refractivity contribution in [1.29, 1.82) is 0 Å². The van der Waals surface area contributed by atoms with Gasteiger partial charge in [-0.1, -0.05) is 18.2 Å². The minimum Gasteiger partial charge on any atom is -0.371 e. The zero-order valence-corrected chi connectivity index (χ0v) is 9.56. The van der Waals surface area contributed by atoms with Crippen LogP contribution in [0, 0.1) is 0 Å². The molecule has 0 aromatic heterocycles. The van der Waals surface area contributed by atoms with Gasteiger partial charge in [-0.15, -0.1) is 0 Å². The first-order valence-corrected chi connectivity index (χ1v) is 4.99. The standard InChI is InChI=1S/C12H15F3O/c1-11(2,3)16-8-9-6-4-5-7-10(9)12(13,14)15/h4-7H,8H2,1-3H3. The van der Waals surface area contributed by atoms with Crippen LogP contribution in [0.25, 0.3) is 0 Å². The van der Waals surface area contributed by atoms with Crippen LogP contribution in [0.3, 0.4) is 0 Å². The maximum atomic E-state index is 12.6. The summed E-state index contributed by atoms with van der Waals surface area (Å²) in [7, 11) is 0. The van der Waals surface area contributed by atoms with Gasteiger partial charge in [0.05, 0.1) is 17.8 Å². The molecule has 0 aliphatic heterocycles. The van der Waals surface area contributed by atoms with Gasteiger partial charge in [0.25, 0.3) is 0 Å². The Kier molecular flexibility index (Phi) is 3.63. The minimum absolute atomic E-state index is 0.0286. The third-order valence-electron chi connectivity index (χ3n) is 1.98. The predicted octanol–water partition coefficient (Wildman–Crippen LogP) is 4.02. The minimum atomic E-state index is -4.32. The molecular weight excluding hydrogens is 217 g/mol. The summed E-state index contributed by atoms with van der Waals surface area (Å²) >= 11 is 0. The number of ether oxygens (including phenoxy) is 1. The summed E-state index contributed by atoms with van der Waals surface area (Å²) in [6.45, 7) is 5.40. The predicted molar refractivity (Wildman–Crippen MR) is 56.0 cm³/mol. The normalized spacial score (nSPS) is 12.9. The van der Waals surface area contributed by atoms with Crippen LogP contribution in [0.1, 0.15) is 31.9 Å². The lowest BCUT2D eigenvalue weighted by Gasteiger charge is -2.21. The molecule has 0 saturated heterocycles. The van der Waals surface area contributed by atoms with E-state index in [4.69, 9.17) is 4.74 Å². The lowest BCUT2D eigenvalue weighted by atomic mass is 10.1. The second kappa shape index (κ2) is 4.45. The molecule has 0 spiro atoms. The SMILES string of the molecule is CC(C)(C)OCc1ccccc1C(F)(F)F. The van der Waals surface area contributed by atoms with Crippen LogP contribution in [0.5, 0.6) is 0 Å². The molecule has 0 bridgehead atoms. The summed E-state index contributed by atoms with van der Waals surface area (Å²) in [6, 6.07) is 5.47. The molecule has 0 aliphatic rings. The summed E-state index contributed by atoms with van der Waals surface area (Å²) in [5, 5.41) is 0. The van der Waals surface area contributed by atoms with Crippen LogP contribution in [0.2, 0.25) is 0 Å². The Hall–Kier alpha value is -1.03. The Morgan fingerprint density at radius 2 is 1.62 bits per heavy atom. The van der Waals surface area contributed by atoms with E-state index in [9.17, 15) is 13.2 Å². The number of rotatable bonds is 2. The zero-order chi connectivity index (χ0) is 12.4. The molecule has 1 aromatic carbocycles. The highest BCUT2D eigenvalue weighted by atomic mass is 19.4. The first-order valence-electron chi connectivity index (χ1n) is 4.99. The average molecular weight is 232 g/mol. The van der Waals surface area contributed by atoms with Crippen LogP contribution in [0.15, 0.2) is 24.3 Å². The van der Waals surface area contributed by atoms with E-state index in [-0.39, 0.29) is 12.2 Å². The third kappa shape index (κ3) is 3.85. The van der Waals surface area contributed by atoms with E-state index in [2.05, 4.69) is 0 Å². The van der Waals surface area contributed by atoms with Crippen LogP contribution in [0.4, 0.5) is 13.2 Å². The van der Waals surface area contributed by atoms with Crippen LogP contribution in [-0.2, 0) is 17.5 Å². The van der Waals surface area contributed by atoms with Crippen molar-refractivity contribution in [3.05, 3.63) is 35.4 Å². The molecule has 0 atom stereocenters. The number of hydrogen-bond acceptors (Lipinski definition) is 1. The fourth-order valence-electron chi connectivity index (χ4n) is 1.22. The van der Waals surface area contributed by atoms with Gasteiger partial charge in [-0.05, 0) is 32.4 Å². The molecule has 4 heteroatoms. The zero-order valence-electron chi connectivity index (χ0n) is 9.56. The highest BCUT2D eigenvalue weighted by molar-refractivity contribution is 5.29. The van der Waals surface area contributed by atoms with Crippen LogP contribution >= 0.6 is 0 Å². The van der Waals surface area contributed by atoms with E-state index in [0.29, 0.717) is 0 Å². The van der Waals surface area contributed by atoms with Gasteiger partial charge >= 0.3 is 6.18 Å². The van der Waals surface area contributed by atoms with E-state index < -0.39 is 17.3 Å². The molecule has 1 aromatic rings. The van der Waals surface area contributed by atoms with E-state index in [0.717, 1.165) is 6.07 Å². The molecule has 1 rings (SSSR count). The molecule has 0 heterocycles. The molecule has 90 valence electrons. The first-order chi connectivity index (χ1) is 7.20. The molecule has 0 saturated carbocycles. The molecular formula is C12H15F3O. The van der Waals surface area contributed by atoms with Crippen molar-refractivity contribution in [2.45, 2.75) is 39.2 Å². The van der Waals surface area contributed by atoms with Gasteiger partial charge in [0.1, 0.15) is 0 Å². The lowest BCUT2D eigenvalue weighted by Crippen LogP contribution is -2.20. The quantitative estimate of drug-likeness (QED) is 0.748. The van der Waals surface area contributed by atoms with Gasteiger partial charge in [-0.25, -0.2) is 0 Å². The molecule has 0 N–H and O–H groups in total. The smallest absolute Gasteiger partial charge is 0.371 e. The first kappa shape index (κ1) is 13.0. The fraction of sp³-hybridized carbons (Fsp3) is 0.500. The van der Waals surface area contributed by atoms with E-state index in [1.165, 1.54) is 12.1 Å². The van der Waals surface area contributed by atoms with Crippen molar-refractivity contribution < 1.29 is 17.9 Å². The molecule has 0 amide bonds.